The number of nitrogens with zero attached hydrogens (tertiary/aromatic N) is 2. The number of thiazole rings is 1. The van der Waals surface area contributed by atoms with Gasteiger partial charge in [0.1, 0.15) is 17.8 Å². The van der Waals surface area contributed by atoms with E-state index in [9.17, 15) is 18.8 Å². The number of unbranched alkanes of at least 4 members (excludes halogenated alkanes) is 1. The monoisotopic (exact) mass is 572 g/mol. The first-order valence-corrected chi connectivity index (χ1v) is 15.1. The largest absolute Gasteiger partial charge is 0.493 e. The minimum Gasteiger partial charge on any atom is -0.493 e. The van der Waals surface area contributed by atoms with Crippen molar-refractivity contribution in [2.75, 3.05) is 13.2 Å². The van der Waals surface area contributed by atoms with E-state index in [1.165, 1.54) is 4.90 Å². The Kier molecular flexibility index (Phi) is 9.17. The summed E-state index contributed by atoms with van der Waals surface area (Å²) in [7, 11) is 0. The summed E-state index contributed by atoms with van der Waals surface area (Å²) in [4.78, 5) is 46.4. The Hall–Kier alpha value is -3.01. The Balaban J connectivity index is 1.46. The van der Waals surface area contributed by atoms with Gasteiger partial charge in [-0.1, -0.05) is 46.2 Å². The lowest BCUT2D eigenvalue weighted by molar-refractivity contribution is -0.144. The molecule has 2 aromatic rings. The highest BCUT2D eigenvalue weighted by molar-refractivity contribution is 7.13. The summed E-state index contributed by atoms with van der Waals surface area (Å²) >= 11 is 1.57. The standard InChI is InChI=1S/C30H41FN4O4S/c1-6-7-15-39-23-16-20(24-19(2)33-18-40-24)10-11-21(23)17-32-26(36)22-9-8-14-35(22)27(37)25(29(3,4)5)34-28(38)30(31)12-13-30/h10-11,16,18,22,25H,6-9,12-15,17H2,1-5H3,(H,32,36)(H,34,38)/t22-,25+/m0/s1. The van der Waals surface area contributed by atoms with Gasteiger partial charge in [0.15, 0.2) is 5.67 Å². The number of rotatable bonds is 11. The number of hydrogen-bond acceptors (Lipinski definition) is 6. The van der Waals surface area contributed by atoms with Crippen LogP contribution in [-0.4, -0.2) is 58.5 Å². The fourth-order valence-electron chi connectivity index (χ4n) is 4.90. The number of halogens is 1. The Bertz CT molecular complexity index is 1240. The molecule has 2 aliphatic rings. The van der Waals surface area contributed by atoms with Crippen LogP contribution in [0.25, 0.3) is 10.4 Å². The summed E-state index contributed by atoms with van der Waals surface area (Å²) in [6, 6.07) is 4.38. The van der Waals surface area contributed by atoms with Gasteiger partial charge >= 0.3 is 0 Å². The third kappa shape index (κ3) is 6.82. The predicted octanol–water partition coefficient (Wildman–Crippen LogP) is 4.94. The summed E-state index contributed by atoms with van der Waals surface area (Å²) < 4.78 is 20.5. The van der Waals surface area contributed by atoms with Gasteiger partial charge in [-0.15, -0.1) is 11.3 Å². The third-order valence-corrected chi connectivity index (χ3v) is 8.58. The van der Waals surface area contributed by atoms with Gasteiger partial charge in [0.25, 0.3) is 5.91 Å². The van der Waals surface area contributed by atoms with Crippen LogP contribution in [0.4, 0.5) is 4.39 Å². The van der Waals surface area contributed by atoms with E-state index < -0.39 is 29.1 Å². The molecule has 2 N–H and O–H groups in total. The minimum atomic E-state index is -1.88. The van der Waals surface area contributed by atoms with Gasteiger partial charge in [0.2, 0.25) is 11.8 Å². The first-order valence-electron chi connectivity index (χ1n) is 14.2. The number of hydrogen-bond donors (Lipinski definition) is 2. The van der Waals surface area contributed by atoms with E-state index in [4.69, 9.17) is 4.74 Å². The molecule has 2 atom stereocenters. The van der Waals surface area contributed by atoms with Crippen LogP contribution in [0.3, 0.4) is 0 Å². The topological polar surface area (TPSA) is 101 Å². The molecule has 0 spiro atoms. The molecule has 8 nitrogen and oxygen atoms in total. The lowest BCUT2D eigenvalue weighted by atomic mass is 9.85. The molecule has 1 aromatic carbocycles. The molecule has 4 rings (SSSR count). The Morgan fingerprint density at radius 3 is 2.65 bits per heavy atom. The van der Waals surface area contributed by atoms with Gasteiger partial charge in [-0.25, -0.2) is 9.37 Å². The van der Waals surface area contributed by atoms with Crippen molar-refractivity contribution in [2.24, 2.45) is 5.41 Å². The van der Waals surface area contributed by atoms with Gasteiger partial charge in [0, 0.05) is 18.7 Å². The average Bonchev–Trinajstić information content (AvgIpc) is 3.27. The van der Waals surface area contributed by atoms with Crippen LogP contribution >= 0.6 is 11.3 Å². The summed E-state index contributed by atoms with van der Waals surface area (Å²) in [6.07, 6.45) is 3.48. The number of benzene rings is 1. The van der Waals surface area contributed by atoms with Gasteiger partial charge in [-0.2, -0.15) is 0 Å². The zero-order valence-electron chi connectivity index (χ0n) is 24.1. The lowest BCUT2D eigenvalue weighted by Gasteiger charge is -2.35. The fraction of sp³-hybridized carbons (Fsp3) is 0.600. The van der Waals surface area contributed by atoms with Crippen LogP contribution < -0.4 is 15.4 Å². The SMILES string of the molecule is CCCCOc1cc(-c2scnc2C)ccc1CNC(=O)[C@@H]1CCCN1C(=O)[C@@H](NC(=O)C1(F)CC1)C(C)(C)C. The summed E-state index contributed by atoms with van der Waals surface area (Å²) in [5.41, 5.74) is 2.12. The van der Waals surface area contributed by atoms with Crippen molar-refractivity contribution < 1.29 is 23.5 Å². The molecule has 10 heteroatoms. The maximum absolute atomic E-state index is 14.4. The Morgan fingerprint density at radius 1 is 1.27 bits per heavy atom. The van der Waals surface area contributed by atoms with Crippen molar-refractivity contribution in [1.82, 2.24) is 20.5 Å². The molecule has 0 unspecified atom stereocenters. The molecule has 0 bridgehead atoms. The number of carbonyl (C=O) groups is 3. The highest BCUT2D eigenvalue weighted by Crippen LogP contribution is 2.40. The van der Waals surface area contributed by atoms with Crippen molar-refractivity contribution >= 4 is 29.1 Å². The molecule has 2 heterocycles. The van der Waals surface area contributed by atoms with Crippen molar-refractivity contribution in [1.29, 1.82) is 0 Å². The van der Waals surface area contributed by atoms with Crippen LogP contribution in [0, 0.1) is 12.3 Å². The molecule has 0 radical (unpaired) electrons. The average molecular weight is 573 g/mol. The summed E-state index contributed by atoms with van der Waals surface area (Å²) in [5.74, 6) is -0.630. The molecule has 218 valence electrons. The van der Waals surface area contributed by atoms with Crippen LogP contribution in [0.2, 0.25) is 0 Å². The molecule has 1 aromatic heterocycles. The van der Waals surface area contributed by atoms with Crippen LogP contribution in [0.5, 0.6) is 5.75 Å². The number of likely N-dealkylation sites (tertiary alicyclic amines) is 1. The molecular formula is C30H41FN4O4S. The lowest BCUT2D eigenvalue weighted by Crippen LogP contribution is -2.58. The number of alkyl halides is 1. The van der Waals surface area contributed by atoms with Crippen molar-refractivity contribution in [3.8, 4) is 16.2 Å². The first-order chi connectivity index (χ1) is 18.9. The van der Waals surface area contributed by atoms with Crippen LogP contribution in [0.15, 0.2) is 23.7 Å². The van der Waals surface area contributed by atoms with Crippen LogP contribution in [0.1, 0.15) is 77.5 Å². The highest BCUT2D eigenvalue weighted by Gasteiger charge is 2.53. The fourth-order valence-corrected chi connectivity index (χ4v) is 5.70. The number of ether oxygens (including phenoxy) is 1. The second-order valence-corrected chi connectivity index (χ2v) is 12.8. The zero-order chi connectivity index (χ0) is 29.1. The van der Waals surface area contributed by atoms with E-state index in [0.29, 0.717) is 31.7 Å². The van der Waals surface area contributed by atoms with Gasteiger partial charge < -0.3 is 20.3 Å². The van der Waals surface area contributed by atoms with Crippen LogP contribution in [-0.2, 0) is 20.9 Å². The smallest absolute Gasteiger partial charge is 0.258 e. The highest BCUT2D eigenvalue weighted by atomic mass is 32.1. The second kappa shape index (κ2) is 12.2. The number of nitrogens with one attached hydrogen (secondary N) is 2. The van der Waals surface area contributed by atoms with E-state index >= 15 is 0 Å². The van der Waals surface area contributed by atoms with E-state index in [-0.39, 0.29) is 31.2 Å². The predicted molar refractivity (Wildman–Crippen MR) is 154 cm³/mol. The van der Waals surface area contributed by atoms with Gasteiger partial charge in [0.05, 0.1) is 22.7 Å². The molecule has 1 aliphatic heterocycles. The molecule has 3 amide bonds. The molecule has 1 aliphatic carbocycles. The van der Waals surface area contributed by atoms with Crippen molar-refractivity contribution in [3.63, 3.8) is 0 Å². The zero-order valence-corrected chi connectivity index (χ0v) is 25.0. The maximum atomic E-state index is 14.4. The number of carbonyl (C=O) groups excluding carboxylic acids is 3. The molecule has 1 saturated heterocycles. The van der Waals surface area contributed by atoms with E-state index in [0.717, 1.165) is 34.5 Å². The van der Waals surface area contributed by atoms with Gasteiger partial charge in [-0.05, 0) is 56.1 Å². The second-order valence-electron chi connectivity index (χ2n) is 11.9. The normalized spacial score (nSPS) is 18.8. The van der Waals surface area contributed by atoms with Crippen molar-refractivity contribution in [2.45, 2.75) is 97.4 Å². The molecule has 1 saturated carbocycles. The van der Waals surface area contributed by atoms with Gasteiger partial charge in [-0.3, -0.25) is 14.4 Å². The Labute approximate surface area is 240 Å². The molecule has 40 heavy (non-hydrogen) atoms. The Morgan fingerprint density at radius 2 is 2.02 bits per heavy atom. The van der Waals surface area contributed by atoms with E-state index in [1.54, 1.807) is 11.3 Å². The first kappa shape index (κ1) is 30.0. The number of aromatic nitrogens is 1. The third-order valence-electron chi connectivity index (χ3n) is 7.61. The number of amides is 3. The molecule has 2 fully saturated rings. The van der Waals surface area contributed by atoms with E-state index in [2.05, 4.69) is 22.5 Å². The quantitative estimate of drug-likeness (QED) is 0.372. The van der Waals surface area contributed by atoms with Crippen molar-refractivity contribution in [3.05, 3.63) is 35.0 Å². The maximum Gasteiger partial charge on any atom is 0.258 e. The summed E-state index contributed by atoms with van der Waals surface area (Å²) in [6.45, 7) is 10.8. The number of aryl methyl sites for hydroxylation is 1. The van der Waals surface area contributed by atoms with E-state index in [1.807, 2.05) is 51.4 Å². The molecular weight excluding hydrogens is 531 g/mol. The summed E-state index contributed by atoms with van der Waals surface area (Å²) in [5, 5.41) is 5.65. The minimum absolute atomic E-state index is 0.174.